The molecule has 0 aliphatic heterocycles. The first-order valence-electron chi connectivity index (χ1n) is 22.6. The SMILES string of the molecule is c1ccc2cc(-c3cc(-c4ccc(N(c5ccc(-c6ccc(-c7cccc8c7oc7ccccc78)cc6)cc5)c5cc6ccccc6c6ccccc56)cc4)c4ccccc4c3)ccc2c1. The van der Waals surface area contributed by atoms with Crippen molar-refractivity contribution in [2.45, 2.75) is 0 Å². The Labute approximate surface area is 382 Å². The molecule has 0 radical (unpaired) electrons. The van der Waals surface area contributed by atoms with Crippen molar-refractivity contribution >= 4 is 82.1 Å². The fourth-order valence-corrected chi connectivity index (χ4v) is 10.1. The molecule has 1 aromatic heterocycles. The minimum atomic E-state index is 0.912. The molecule has 0 amide bonds. The third kappa shape index (κ3) is 6.42. The van der Waals surface area contributed by atoms with Gasteiger partial charge >= 0.3 is 0 Å². The van der Waals surface area contributed by atoms with Gasteiger partial charge in [-0.3, -0.25) is 0 Å². The third-order valence-electron chi connectivity index (χ3n) is 13.4. The lowest BCUT2D eigenvalue weighted by molar-refractivity contribution is 0.670. The van der Waals surface area contributed by atoms with E-state index in [4.69, 9.17) is 4.42 Å². The van der Waals surface area contributed by atoms with Crippen LogP contribution < -0.4 is 4.90 Å². The molecule has 0 bridgehead atoms. The van der Waals surface area contributed by atoms with Crippen LogP contribution in [0.3, 0.4) is 0 Å². The van der Waals surface area contributed by atoms with Crippen molar-refractivity contribution in [1.29, 1.82) is 0 Å². The van der Waals surface area contributed by atoms with Crippen LogP contribution in [0, 0.1) is 0 Å². The van der Waals surface area contributed by atoms with Gasteiger partial charge < -0.3 is 9.32 Å². The highest BCUT2D eigenvalue weighted by Gasteiger charge is 2.19. The smallest absolute Gasteiger partial charge is 0.143 e. The maximum atomic E-state index is 6.39. The molecule has 66 heavy (non-hydrogen) atoms. The number of fused-ring (bicyclic) bond motifs is 8. The Morgan fingerprint density at radius 1 is 0.258 bits per heavy atom. The lowest BCUT2D eigenvalue weighted by Crippen LogP contribution is -2.10. The van der Waals surface area contributed by atoms with Crippen molar-refractivity contribution < 1.29 is 4.42 Å². The molecule has 2 heteroatoms. The number of nitrogens with zero attached hydrogens (tertiary/aromatic N) is 1. The molecular weight excluding hydrogens is 799 g/mol. The molecule has 13 rings (SSSR count). The Hall–Kier alpha value is -8.72. The summed E-state index contributed by atoms with van der Waals surface area (Å²) < 4.78 is 6.39. The summed E-state index contributed by atoms with van der Waals surface area (Å²) >= 11 is 0. The number of hydrogen-bond donors (Lipinski definition) is 0. The summed E-state index contributed by atoms with van der Waals surface area (Å²) in [6.45, 7) is 0. The predicted molar refractivity (Wildman–Crippen MR) is 280 cm³/mol. The molecule has 0 aliphatic carbocycles. The standard InChI is InChI=1S/C64H41NO/c1-2-13-47-38-48(29-26-42(47)12-1)51-39-49-14-3-6-17-55(49)61(40-51)46-32-36-53(37-33-46)65(62-41-50-15-4-5-16-54(50)57-18-7-8-19-58(57)62)52-34-30-44(31-35-52)43-24-27-45(28-25-43)56-21-11-22-60-59-20-9-10-23-63(59)66-64(56)60/h1-41H. The minimum absolute atomic E-state index is 0.912. The summed E-state index contributed by atoms with van der Waals surface area (Å²) in [6.07, 6.45) is 0. The maximum absolute atomic E-state index is 6.39. The Bertz CT molecular complexity index is 3970. The topological polar surface area (TPSA) is 16.4 Å². The van der Waals surface area contributed by atoms with Crippen LogP contribution in [0.15, 0.2) is 253 Å². The molecule has 13 aromatic rings. The first-order valence-corrected chi connectivity index (χ1v) is 22.6. The van der Waals surface area contributed by atoms with Crippen molar-refractivity contribution in [1.82, 2.24) is 0 Å². The second-order valence-electron chi connectivity index (χ2n) is 17.3. The van der Waals surface area contributed by atoms with Crippen LogP contribution >= 0.6 is 0 Å². The van der Waals surface area contributed by atoms with Crippen LogP contribution in [0.5, 0.6) is 0 Å². The van der Waals surface area contributed by atoms with Crippen LogP contribution in [0.2, 0.25) is 0 Å². The summed E-state index contributed by atoms with van der Waals surface area (Å²) in [5.41, 5.74) is 14.5. The Balaban J connectivity index is 0.900. The van der Waals surface area contributed by atoms with Gasteiger partial charge in [-0.1, -0.05) is 194 Å². The van der Waals surface area contributed by atoms with Crippen LogP contribution in [-0.2, 0) is 0 Å². The zero-order chi connectivity index (χ0) is 43.6. The van der Waals surface area contributed by atoms with E-state index in [1.807, 2.05) is 12.1 Å². The van der Waals surface area contributed by atoms with E-state index in [0.717, 1.165) is 61.3 Å². The zero-order valence-electron chi connectivity index (χ0n) is 36.0. The molecule has 0 atom stereocenters. The number of anilines is 3. The molecule has 0 saturated heterocycles. The molecule has 1 heterocycles. The number of furan rings is 1. The Kier molecular flexibility index (Phi) is 8.89. The lowest BCUT2D eigenvalue weighted by atomic mass is 9.92. The third-order valence-corrected chi connectivity index (χ3v) is 13.4. The molecule has 2 nitrogen and oxygen atoms in total. The van der Waals surface area contributed by atoms with Crippen molar-refractivity contribution in [3.8, 4) is 44.5 Å². The van der Waals surface area contributed by atoms with E-state index >= 15 is 0 Å². The number of benzene rings is 12. The molecule has 0 aliphatic rings. The number of para-hydroxylation sites is 2. The van der Waals surface area contributed by atoms with E-state index in [1.54, 1.807) is 0 Å². The second kappa shape index (κ2) is 15.5. The predicted octanol–water partition coefficient (Wildman–Crippen LogP) is 18.3. The molecular formula is C64H41NO. The van der Waals surface area contributed by atoms with Crippen molar-refractivity contribution in [2.24, 2.45) is 0 Å². The van der Waals surface area contributed by atoms with E-state index < -0.39 is 0 Å². The van der Waals surface area contributed by atoms with Gasteiger partial charge in [-0.05, 0) is 131 Å². The Morgan fingerprint density at radius 2 is 0.758 bits per heavy atom. The van der Waals surface area contributed by atoms with E-state index in [1.165, 1.54) is 65.3 Å². The van der Waals surface area contributed by atoms with Gasteiger partial charge in [0, 0.05) is 33.1 Å². The fourth-order valence-electron chi connectivity index (χ4n) is 10.1. The number of rotatable bonds is 7. The minimum Gasteiger partial charge on any atom is -0.455 e. The average molecular weight is 840 g/mol. The van der Waals surface area contributed by atoms with Crippen LogP contribution in [0.4, 0.5) is 17.1 Å². The largest absolute Gasteiger partial charge is 0.455 e. The fraction of sp³-hybridized carbons (Fsp3) is 0. The van der Waals surface area contributed by atoms with E-state index in [0.29, 0.717) is 0 Å². The van der Waals surface area contributed by atoms with Crippen molar-refractivity contribution in [2.75, 3.05) is 4.90 Å². The molecule has 0 N–H and O–H groups in total. The summed E-state index contributed by atoms with van der Waals surface area (Å²) in [6, 6.07) is 90.4. The van der Waals surface area contributed by atoms with Crippen molar-refractivity contribution in [3.63, 3.8) is 0 Å². The molecule has 0 fully saturated rings. The van der Waals surface area contributed by atoms with Crippen LogP contribution in [0.25, 0.3) is 110 Å². The van der Waals surface area contributed by atoms with Gasteiger partial charge in [0.25, 0.3) is 0 Å². The van der Waals surface area contributed by atoms with Gasteiger partial charge in [0.05, 0.1) is 5.69 Å². The lowest BCUT2D eigenvalue weighted by Gasteiger charge is -2.28. The summed E-state index contributed by atoms with van der Waals surface area (Å²) in [7, 11) is 0. The summed E-state index contributed by atoms with van der Waals surface area (Å²) in [4.78, 5) is 2.42. The highest BCUT2D eigenvalue weighted by molar-refractivity contribution is 6.15. The second-order valence-corrected chi connectivity index (χ2v) is 17.3. The monoisotopic (exact) mass is 839 g/mol. The molecule has 0 unspecified atom stereocenters. The van der Waals surface area contributed by atoms with Gasteiger partial charge in [-0.25, -0.2) is 0 Å². The quantitative estimate of drug-likeness (QED) is 0.149. The summed E-state index contributed by atoms with van der Waals surface area (Å²) in [5, 5.41) is 12.1. The van der Waals surface area contributed by atoms with Crippen LogP contribution in [-0.4, -0.2) is 0 Å². The average Bonchev–Trinajstić information content (AvgIpc) is 3.78. The van der Waals surface area contributed by atoms with Gasteiger partial charge in [0.2, 0.25) is 0 Å². The van der Waals surface area contributed by atoms with Gasteiger partial charge in [0.15, 0.2) is 0 Å². The summed E-state index contributed by atoms with van der Waals surface area (Å²) in [5.74, 6) is 0. The molecule has 0 saturated carbocycles. The van der Waals surface area contributed by atoms with Crippen LogP contribution in [0.1, 0.15) is 0 Å². The van der Waals surface area contributed by atoms with E-state index in [2.05, 4.69) is 241 Å². The normalized spacial score (nSPS) is 11.6. The van der Waals surface area contributed by atoms with E-state index in [9.17, 15) is 0 Å². The van der Waals surface area contributed by atoms with Crippen molar-refractivity contribution in [3.05, 3.63) is 249 Å². The van der Waals surface area contributed by atoms with E-state index in [-0.39, 0.29) is 0 Å². The highest BCUT2D eigenvalue weighted by atomic mass is 16.3. The number of hydrogen-bond acceptors (Lipinski definition) is 2. The molecule has 0 spiro atoms. The highest BCUT2D eigenvalue weighted by Crippen LogP contribution is 2.44. The first kappa shape index (κ1) is 37.8. The first-order chi connectivity index (χ1) is 32.7. The molecule has 308 valence electrons. The van der Waals surface area contributed by atoms with Gasteiger partial charge in [-0.15, -0.1) is 0 Å². The van der Waals surface area contributed by atoms with Gasteiger partial charge in [0.1, 0.15) is 11.2 Å². The maximum Gasteiger partial charge on any atom is 0.143 e. The Morgan fingerprint density at radius 3 is 1.50 bits per heavy atom. The molecule has 12 aromatic carbocycles. The van der Waals surface area contributed by atoms with Gasteiger partial charge in [-0.2, -0.15) is 0 Å². The zero-order valence-corrected chi connectivity index (χ0v) is 36.0.